The van der Waals surface area contributed by atoms with Crippen LogP contribution in [0, 0.1) is 5.92 Å². The Hall–Kier alpha value is -1.80. The second kappa shape index (κ2) is 7.28. The molecule has 2 nitrogen and oxygen atoms in total. The van der Waals surface area contributed by atoms with Crippen molar-refractivity contribution in [1.82, 2.24) is 4.90 Å². The first-order valence-corrected chi connectivity index (χ1v) is 7.95. The van der Waals surface area contributed by atoms with Crippen LogP contribution in [-0.2, 0) is 6.54 Å². The van der Waals surface area contributed by atoms with E-state index in [-0.39, 0.29) is 0 Å². The van der Waals surface area contributed by atoms with Crippen LogP contribution in [0.3, 0.4) is 0 Å². The minimum atomic E-state index is 0.803. The molecule has 0 spiro atoms. The third kappa shape index (κ3) is 4.33. The molecule has 21 heavy (non-hydrogen) atoms. The number of likely N-dealkylation sites (tertiary alicyclic amines) is 1. The number of benzene rings is 2. The smallest absolute Gasteiger partial charge is 0.0340 e. The molecule has 0 radical (unpaired) electrons. The van der Waals surface area contributed by atoms with Crippen molar-refractivity contribution in [2.45, 2.75) is 19.4 Å². The first kappa shape index (κ1) is 14.2. The lowest BCUT2D eigenvalue weighted by Crippen LogP contribution is -2.35. The highest BCUT2D eigenvalue weighted by atomic mass is 15.1. The third-order valence-electron chi connectivity index (χ3n) is 4.32. The zero-order chi connectivity index (χ0) is 14.3. The summed E-state index contributed by atoms with van der Waals surface area (Å²) in [6.07, 6.45) is 2.60. The van der Waals surface area contributed by atoms with Crippen LogP contribution in [0.1, 0.15) is 18.4 Å². The lowest BCUT2D eigenvalue weighted by Gasteiger charge is -2.32. The van der Waals surface area contributed by atoms with E-state index < -0.39 is 0 Å². The highest BCUT2D eigenvalue weighted by molar-refractivity contribution is 5.42. The van der Waals surface area contributed by atoms with Crippen molar-refractivity contribution in [1.29, 1.82) is 0 Å². The van der Waals surface area contributed by atoms with Gasteiger partial charge in [0.1, 0.15) is 0 Å². The number of hydrogen-bond acceptors (Lipinski definition) is 2. The van der Waals surface area contributed by atoms with E-state index in [1.54, 1.807) is 0 Å². The monoisotopic (exact) mass is 280 g/mol. The van der Waals surface area contributed by atoms with E-state index in [9.17, 15) is 0 Å². The van der Waals surface area contributed by atoms with Crippen LogP contribution < -0.4 is 5.32 Å². The molecule has 3 rings (SSSR count). The van der Waals surface area contributed by atoms with Gasteiger partial charge in [-0.05, 0) is 49.5 Å². The fourth-order valence-corrected chi connectivity index (χ4v) is 3.01. The molecule has 1 N–H and O–H groups in total. The maximum absolute atomic E-state index is 3.56. The number of rotatable bonds is 5. The summed E-state index contributed by atoms with van der Waals surface area (Å²) in [6.45, 7) is 4.63. The SMILES string of the molecule is c1ccc(CN2CCC(CNc3ccccc3)CC2)cc1. The first-order chi connectivity index (χ1) is 10.4. The fourth-order valence-electron chi connectivity index (χ4n) is 3.01. The normalized spacial score (nSPS) is 16.8. The van der Waals surface area contributed by atoms with E-state index in [4.69, 9.17) is 0 Å². The molecule has 0 amide bonds. The third-order valence-corrected chi connectivity index (χ3v) is 4.32. The summed E-state index contributed by atoms with van der Waals surface area (Å²) in [5, 5.41) is 3.56. The summed E-state index contributed by atoms with van der Waals surface area (Å²) in [7, 11) is 0. The van der Waals surface area contributed by atoms with Crippen molar-refractivity contribution in [3.8, 4) is 0 Å². The predicted molar refractivity (Wildman–Crippen MR) is 89.4 cm³/mol. The molecule has 0 unspecified atom stereocenters. The molecule has 110 valence electrons. The summed E-state index contributed by atoms with van der Waals surface area (Å²) in [5.74, 6) is 0.803. The Bertz CT molecular complexity index is 516. The standard InChI is InChI=1S/C19H24N2/c1-3-7-18(8-4-1)16-21-13-11-17(12-14-21)15-20-19-9-5-2-6-10-19/h1-10,17,20H,11-16H2. The van der Waals surface area contributed by atoms with Crippen LogP contribution in [-0.4, -0.2) is 24.5 Å². The van der Waals surface area contributed by atoms with E-state index in [0.29, 0.717) is 0 Å². The molecule has 0 bridgehead atoms. The number of nitrogens with zero attached hydrogens (tertiary/aromatic N) is 1. The van der Waals surface area contributed by atoms with E-state index >= 15 is 0 Å². The molecule has 0 atom stereocenters. The van der Waals surface area contributed by atoms with Crippen LogP contribution in [0.5, 0.6) is 0 Å². The van der Waals surface area contributed by atoms with Gasteiger partial charge in [0, 0.05) is 18.8 Å². The van der Waals surface area contributed by atoms with Gasteiger partial charge in [0.05, 0.1) is 0 Å². The average Bonchev–Trinajstić information content (AvgIpc) is 2.56. The van der Waals surface area contributed by atoms with Gasteiger partial charge in [-0.3, -0.25) is 4.90 Å². The summed E-state index contributed by atoms with van der Waals surface area (Å²) < 4.78 is 0. The Labute approximate surface area is 127 Å². The largest absolute Gasteiger partial charge is 0.385 e. The Kier molecular flexibility index (Phi) is 4.90. The molecule has 1 saturated heterocycles. The van der Waals surface area contributed by atoms with Gasteiger partial charge >= 0.3 is 0 Å². The molecule has 1 fully saturated rings. The van der Waals surface area contributed by atoms with Crippen molar-refractivity contribution in [2.75, 3.05) is 25.0 Å². The molecule has 1 aliphatic rings. The second-order valence-electron chi connectivity index (χ2n) is 5.95. The fraction of sp³-hybridized carbons (Fsp3) is 0.368. The summed E-state index contributed by atoms with van der Waals surface area (Å²) >= 11 is 0. The van der Waals surface area contributed by atoms with Gasteiger partial charge in [0.15, 0.2) is 0 Å². The predicted octanol–water partition coefficient (Wildman–Crippen LogP) is 4.01. The minimum absolute atomic E-state index is 0.803. The van der Waals surface area contributed by atoms with Crippen LogP contribution in [0.2, 0.25) is 0 Å². The lowest BCUT2D eigenvalue weighted by molar-refractivity contribution is 0.182. The van der Waals surface area contributed by atoms with Gasteiger partial charge in [-0.2, -0.15) is 0 Å². The van der Waals surface area contributed by atoms with E-state index in [2.05, 4.69) is 70.9 Å². The Morgan fingerprint density at radius 2 is 1.48 bits per heavy atom. The van der Waals surface area contributed by atoms with Crippen molar-refractivity contribution in [2.24, 2.45) is 5.92 Å². The van der Waals surface area contributed by atoms with Gasteiger partial charge in [0.2, 0.25) is 0 Å². The molecular weight excluding hydrogens is 256 g/mol. The quantitative estimate of drug-likeness (QED) is 0.890. The minimum Gasteiger partial charge on any atom is -0.385 e. The van der Waals surface area contributed by atoms with Crippen LogP contribution in [0.15, 0.2) is 60.7 Å². The number of para-hydroxylation sites is 1. The number of piperidine rings is 1. The molecule has 1 heterocycles. The topological polar surface area (TPSA) is 15.3 Å². The number of nitrogens with one attached hydrogen (secondary N) is 1. The average molecular weight is 280 g/mol. The summed E-state index contributed by atoms with van der Waals surface area (Å²) in [5.41, 5.74) is 2.67. The molecule has 1 aliphatic heterocycles. The van der Waals surface area contributed by atoms with E-state index in [0.717, 1.165) is 19.0 Å². The van der Waals surface area contributed by atoms with Crippen molar-refractivity contribution >= 4 is 5.69 Å². The van der Waals surface area contributed by atoms with Crippen LogP contribution >= 0.6 is 0 Å². The highest BCUT2D eigenvalue weighted by Gasteiger charge is 2.18. The van der Waals surface area contributed by atoms with Gasteiger partial charge in [0.25, 0.3) is 0 Å². The number of hydrogen-bond donors (Lipinski definition) is 1. The molecule has 2 aromatic carbocycles. The zero-order valence-corrected chi connectivity index (χ0v) is 12.5. The Morgan fingerprint density at radius 1 is 0.857 bits per heavy atom. The molecule has 2 aromatic rings. The number of anilines is 1. The van der Waals surface area contributed by atoms with Gasteiger partial charge in [-0.1, -0.05) is 48.5 Å². The van der Waals surface area contributed by atoms with Gasteiger partial charge in [-0.15, -0.1) is 0 Å². The molecular formula is C19H24N2. The van der Waals surface area contributed by atoms with E-state index in [1.807, 2.05) is 0 Å². The molecule has 0 saturated carbocycles. The Balaban J connectivity index is 1.41. The van der Waals surface area contributed by atoms with Crippen molar-refractivity contribution in [3.05, 3.63) is 66.2 Å². The first-order valence-electron chi connectivity index (χ1n) is 7.95. The van der Waals surface area contributed by atoms with Gasteiger partial charge in [-0.25, -0.2) is 0 Å². The van der Waals surface area contributed by atoms with Gasteiger partial charge < -0.3 is 5.32 Å². The Morgan fingerprint density at radius 3 is 2.14 bits per heavy atom. The zero-order valence-electron chi connectivity index (χ0n) is 12.5. The molecule has 0 aliphatic carbocycles. The molecule has 0 aromatic heterocycles. The highest BCUT2D eigenvalue weighted by Crippen LogP contribution is 2.19. The maximum Gasteiger partial charge on any atom is 0.0340 e. The second-order valence-corrected chi connectivity index (χ2v) is 5.95. The van der Waals surface area contributed by atoms with E-state index in [1.165, 1.54) is 37.2 Å². The summed E-state index contributed by atoms with van der Waals surface area (Å²) in [4.78, 5) is 2.58. The molecule has 2 heteroatoms. The van der Waals surface area contributed by atoms with Crippen LogP contribution in [0.25, 0.3) is 0 Å². The van der Waals surface area contributed by atoms with Crippen molar-refractivity contribution < 1.29 is 0 Å². The van der Waals surface area contributed by atoms with Crippen LogP contribution in [0.4, 0.5) is 5.69 Å². The maximum atomic E-state index is 3.56. The van der Waals surface area contributed by atoms with Crippen molar-refractivity contribution in [3.63, 3.8) is 0 Å². The summed E-state index contributed by atoms with van der Waals surface area (Å²) in [6, 6.07) is 21.3. The lowest BCUT2D eigenvalue weighted by atomic mass is 9.96.